The molecule has 1 saturated heterocycles. The molecule has 0 aliphatic carbocycles. The van der Waals surface area contributed by atoms with Crippen LogP contribution in [0, 0.1) is 0 Å². The Morgan fingerprint density at radius 1 is 1.04 bits per heavy atom. The van der Waals surface area contributed by atoms with E-state index in [1.54, 1.807) is 12.4 Å². The minimum atomic E-state index is 0.809. The largest absolute Gasteiger partial charge is 0.356 e. The van der Waals surface area contributed by atoms with Crippen molar-refractivity contribution in [1.29, 1.82) is 0 Å². The van der Waals surface area contributed by atoms with Crippen LogP contribution in [0.25, 0.3) is 0 Å². The molecule has 0 unspecified atom stereocenters. The highest BCUT2D eigenvalue weighted by Crippen LogP contribution is 2.09. The molecule has 0 saturated carbocycles. The number of nitrogens with zero attached hydrogens (tertiary/aromatic N) is 5. The Morgan fingerprint density at radius 3 is 2.42 bits per heavy atom. The van der Waals surface area contributed by atoms with Gasteiger partial charge in [0.1, 0.15) is 0 Å². The van der Waals surface area contributed by atoms with Gasteiger partial charge in [0.2, 0.25) is 5.95 Å². The van der Waals surface area contributed by atoms with E-state index < -0.39 is 0 Å². The van der Waals surface area contributed by atoms with Crippen molar-refractivity contribution in [3.8, 4) is 0 Å². The first-order chi connectivity index (χ1) is 11.9. The van der Waals surface area contributed by atoms with E-state index in [2.05, 4.69) is 54.3 Å². The number of nitrogens with one attached hydrogen (secondary N) is 1. The van der Waals surface area contributed by atoms with Gasteiger partial charge in [-0.3, -0.25) is 4.99 Å². The Balaban J connectivity index is 1.47. The van der Waals surface area contributed by atoms with E-state index >= 15 is 0 Å². The molecule has 0 radical (unpaired) electrons. The smallest absolute Gasteiger partial charge is 0.225 e. The zero-order valence-electron chi connectivity index (χ0n) is 14.1. The van der Waals surface area contributed by atoms with Crippen molar-refractivity contribution in [1.82, 2.24) is 20.2 Å². The van der Waals surface area contributed by atoms with Gasteiger partial charge in [-0.1, -0.05) is 30.3 Å². The first-order valence-electron chi connectivity index (χ1n) is 8.38. The monoisotopic (exact) mass is 324 g/mol. The van der Waals surface area contributed by atoms with Crippen LogP contribution in [0.5, 0.6) is 0 Å². The van der Waals surface area contributed by atoms with Crippen molar-refractivity contribution >= 4 is 11.9 Å². The molecule has 126 valence electrons. The van der Waals surface area contributed by atoms with Gasteiger partial charge < -0.3 is 15.1 Å². The van der Waals surface area contributed by atoms with Gasteiger partial charge in [0, 0.05) is 52.2 Å². The number of piperazine rings is 1. The van der Waals surface area contributed by atoms with E-state index in [0.29, 0.717) is 0 Å². The Kier molecular flexibility index (Phi) is 5.61. The number of anilines is 1. The summed E-state index contributed by atoms with van der Waals surface area (Å²) < 4.78 is 0. The highest BCUT2D eigenvalue weighted by molar-refractivity contribution is 5.80. The van der Waals surface area contributed by atoms with E-state index in [9.17, 15) is 0 Å². The van der Waals surface area contributed by atoms with Crippen LogP contribution >= 0.6 is 0 Å². The predicted molar refractivity (Wildman–Crippen MR) is 97.3 cm³/mol. The highest BCUT2D eigenvalue weighted by Gasteiger charge is 2.20. The van der Waals surface area contributed by atoms with Crippen LogP contribution in [-0.4, -0.2) is 60.6 Å². The van der Waals surface area contributed by atoms with E-state index in [0.717, 1.165) is 51.1 Å². The lowest BCUT2D eigenvalue weighted by atomic mass is 10.1. The normalized spacial score (nSPS) is 15.5. The highest BCUT2D eigenvalue weighted by atomic mass is 15.4. The SMILES string of the molecule is CN=C(NCCc1ccccc1)N1CCN(c2ncccn2)CC1. The Labute approximate surface area is 143 Å². The lowest BCUT2D eigenvalue weighted by molar-refractivity contribution is 0.370. The molecule has 2 aromatic rings. The lowest BCUT2D eigenvalue weighted by Gasteiger charge is -2.36. The van der Waals surface area contributed by atoms with Crippen molar-refractivity contribution in [3.63, 3.8) is 0 Å². The number of rotatable bonds is 4. The minimum Gasteiger partial charge on any atom is -0.356 e. The average molecular weight is 324 g/mol. The Morgan fingerprint density at radius 2 is 1.75 bits per heavy atom. The fourth-order valence-electron chi connectivity index (χ4n) is 2.87. The molecule has 1 aliphatic heterocycles. The van der Waals surface area contributed by atoms with Crippen LogP contribution in [0.1, 0.15) is 5.56 Å². The van der Waals surface area contributed by atoms with Gasteiger partial charge in [0.15, 0.2) is 5.96 Å². The van der Waals surface area contributed by atoms with Gasteiger partial charge in [-0.2, -0.15) is 0 Å². The maximum Gasteiger partial charge on any atom is 0.225 e. The summed E-state index contributed by atoms with van der Waals surface area (Å²) in [4.78, 5) is 17.6. The van der Waals surface area contributed by atoms with E-state index in [-0.39, 0.29) is 0 Å². The van der Waals surface area contributed by atoms with Crippen molar-refractivity contribution in [3.05, 3.63) is 54.4 Å². The lowest BCUT2D eigenvalue weighted by Crippen LogP contribution is -2.53. The molecule has 1 aliphatic rings. The summed E-state index contributed by atoms with van der Waals surface area (Å²) in [6.45, 7) is 4.54. The van der Waals surface area contributed by atoms with Gasteiger partial charge in [0.25, 0.3) is 0 Å². The number of hydrogen-bond donors (Lipinski definition) is 1. The van der Waals surface area contributed by atoms with Crippen LogP contribution in [0.15, 0.2) is 53.8 Å². The quantitative estimate of drug-likeness (QED) is 0.681. The van der Waals surface area contributed by atoms with Crippen molar-refractivity contribution in [2.75, 3.05) is 44.7 Å². The molecule has 24 heavy (non-hydrogen) atoms. The molecular formula is C18H24N6. The summed E-state index contributed by atoms with van der Waals surface area (Å²) in [5, 5.41) is 3.47. The molecule has 1 fully saturated rings. The zero-order chi connectivity index (χ0) is 16.6. The average Bonchev–Trinajstić information content (AvgIpc) is 2.67. The Bertz CT molecular complexity index is 635. The summed E-state index contributed by atoms with van der Waals surface area (Å²) in [7, 11) is 1.84. The third-order valence-electron chi connectivity index (χ3n) is 4.17. The number of hydrogen-bond acceptors (Lipinski definition) is 4. The van der Waals surface area contributed by atoms with Gasteiger partial charge in [-0.05, 0) is 18.1 Å². The van der Waals surface area contributed by atoms with Gasteiger partial charge in [-0.15, -0.1) is 0 Å². The van der Waals surface area contributed by atoms with Crippen molar-refractivity contribution in [2.45, 2.75) is 6.42 Å². The third-order valence-corrected chi connectivity index (χ3v) is 4.17. The van der Waals surface area contributed by atoms with E-state index in [4.69, 9.17) is 0 Å². The maximum atomic E-state index is 4.42. The third kappa shape index (κ3) is 4.22. The van der Waals surface area contributed by atoms with E-state index in [1.165, 1.54) is 5.56 Å². The number of guanidine groups is 1. The molecule has 6 nitrogen and oxygen atoms in total. The number of aromatic nitrogens is 2. The topological polar surface area (TPSA) is 56.7 Å². The molecule has 0 atom stereocenters. The molecule has 0 spiro atoms. The number of aliphatic imine (C=N–C) groups is 1. The fourth-order valence-corrected chi connectivity index (χ4v) is 2.87. The van der Waals surface area contributed by atoms with Crippen molar-refractivity contribution < 1.29 is 0 Å². The molecule has 1 N–H and O–H groups in total. The van der Waals surface area contributed by atoms with Crippen LogP contribution in [0.3, 0.4) is 0 Å². The van der Waals surface area contributed by atoms with Crippen LogP contribution in [0.2, 0.25) is 0 Å². The summed E-state index contributed by atoms with van der Waals surface area (Å²) >= 11 is 0. The molecule has 6 heteroatoms. The number of benzene rings is 1. The van der Waals surface area contributed by atoms with Crippen LogP contribution in [-0.2, 0) is 6.42 Å². The summed E-state index contributed by atoms with van der Waals surface area (Å²) in [5.41, 5.74) is 1.34. The second kappa shape index (κ2) is 8.29. The fraction of sp³-hybridized carbons (Fsp3) is 0.389. The first kappa shape index (κ1) is 16.2. The van der Waals surface area contributed by atoms with Crippen LogP contribution in [0.4, 0.5) is 5.95 Å². The molecule has 1 aromatic heterocycles. The summed E-state index contributed by atoms with van der Waals surface area (Å²) in [6.07, 6.45) is 4.58. The standard InChI is InChI=1S/C18H24N6/c1-19-17(22-11-8-16-6-3-2-4-7-16)23-12-14-24(15-13-23)18-20-9-5-10-21-18/h2-7,9-10H,8,11-15H2,1H3,(H,19,22). The summed E-state index contributed by atoms with van der Waals surface area (Å²) in [6, 6.07) is 12.4. The minimum absolute atomic E-state index is 0.809. The van der Waals surface area contributed by atoms with Crippen molar-refractivity contribution in [2.24, 2.45) is 4.99 Å². The molecule has 1 aromatic carbocycles. The summed E-state index contributed by atoms with van der Waals surface area (Å²) in [5.74, 6) is 1.78. The van der Waals surface area contributed by atoms with Gasteiger partial charge >= 0.3 is 0 Å². The van der Waals surface area contributed by atoms with E-state index in [1.807, 2.05) is 19.2 Å². The first-order valence-corrected chi connectivity index (χ1v) is 8.38. The van der Waals surface area contributed by atoms with Crippen LogP contribution < -0.4 is 10.2 Å². The van der Waals surface area contributed by atoms with Gasteiger partial charge in [0.05, 0.1) is 0 Å². The molecule has 0 bridgehead atoms. The second-order valence-corrected chi connectivity index (χ2v) is 5.73. The maximum absolute atomic E-state index is 4.42. The van der Waals surface area contributed by atoms with Gasteiger partial charge in [-0.25, -0.2) is 9.97 Å². The Hall–Kier alpha value is -2.63. The zero-order valence-corrected chi connectivity index (χ0v) is 14.1. The second-order valence-electron chi connectivity index (χ2n) is 5.73. The molecule has 0 amide bonds. The molecular weight excluding hydrogens is 300 g/mol. The molecule has 3 rings (SSSR count). The molecule has 2 heterocycles. The predicted octanol–water partition coefficient (Wildman–Crippen LogP) is 1.42.